The largest absolute Gasteiger partial charge is 0.325 e. The van der Waals surface area contributed by atoms with E-state index in [9.17, 15) is 14.4 Å². The van der Waals surface area contributed by atoms with E-state index in [2.05, 4.69) is 17.2 Å². The highest BCUT2D eigenvalue weighted by atomic mass is 32.1. The zero-order valence-corrected chi connectivity index (χ0v) is 19.4. The van der Waals surface area contributed by atoms with Crippen molar-refractivity contribution in [1.29, 1.82) is 0 Å². The molecule has 0 bridgehead atoms. The number of carbonyl (C=O) groups is 3. The fraction of sp³-hybridized carbons (Fsp3) is 0.360. The number of para-hydroxylation sites is 1. The summed E-state index contributed by atoms with van der Waals surface area (Å²) in [5.41, 5.74) is 1.97. The van der Waals surface area contributed by atoms with Crippen LogP contribution in [0.5, 0.6) is 0 Å². The highest BCUT2D eigenvalue weighted by Crippen LogP contribution is 2.36. The maximum Gasteiger partial charge on any atom is 0.325 e. The molecule has 5 rings (SSSR count). The molecule has 33 heavy (non-hydrogen) atoms. The van der Waals surface area contributed by atoms with Crippen LogP contribution in [-0.2, 0) is 16.0 Å². The number of nitrogens with one attached hydrogen (secondary N) is 1. The molecule has 1 saturated heterocycles. The third kappa shape index (κ3) is 3.88. The number of thiazole rings is 1. The van der Waals surface area contributed by atoms with E-state index in [4.69, 9.17) is 0 Å². The van der Waals surface area contributed by atoms with E-state index in [0.717, 1.165) is 35.2 Å². The van der Waals surface area contributed by atoms with Gasteiger partial charge in [-0.25, -0.2) is 9.78 Å². The molecular weight excluding hydrogens is 436 g/mol. The summed E-state index contributed by atoms with van der Waals surface area (Å²) in [6.45, 7) is 2.14. The van der Waals surface area contributed by atoms with Crippen LogP contribution in [-0.4, -0.2) is 39.8 Å². The van der Waals surface area contributed by atoms with Crippen molar-refractivity contribution >= 4 is 50.2 Å². The third-order valence-electron chi connectivity index (χ3n) is 6.58. The minimum absolute atomic E-state index is 0.0285. The van der Waals surface area contributed by atoms with E-state index < -0.39 is 11.6 Å². The first kappa shape index (κ1) is 21.6. The van der Waals surface area contributed by atoms with Gasteiger partial charge in [-0.2, -0.15) is 0 Å². The monoisotopic (exact) mass is 462 g/mol. The van der Waals surface area contributed by atoms with Gasteiger partial charge in [0, 0.05) is 13.0 Å². The number of benzene rings is 2. The number of rotatable bonds is 6. The highest BCUT2D eigenvalue weighted by Gasteiger charge is 2.52. The molecule has 1 saturated carbocycles. The van der Waals surface area contributed by atoms with Gasteiger partial charge < -0.3 is 5.32 Å². The number of imide groups is 1. The first-order valence-electron chi connectivity index (χ1n) is 11.4. The van der Waals surface area contributed by atoms with Crippen molar-refractivity contribution in [2.24, 2.45) is 0 Å². The van der Waals surface area contributed by atoms with Crippen molar-refractivity contribution in [2.45, 2.75) is 51.0 Å². The van der Waals surface area contributed by atoms with E-state index in [0.29, 0.717) is 18.0 Å². The van der Waals surface area contributed by atoms with Gasteiger partial charge in [-0.15, -0.1) is 0 Å². The normalized spacial score (nSPS) is 17.2. The predicted molar refractivity (Wildman–Crippen MR) is 129 cm³/mol. The first-order chi connectivity index (χ1) is 16.0. The number of urea groups is 1. The van der Waals surface area contributed by atoms with E-state index in [1.165, 1.54) is 21.8 Å². The topological polar surface area (TPSA) is 82.6 Å². The molecule has 2 aromatic carbocycles. The Morgan fingerprint density at radius 1 is 1.12 bits per heavy atom. The lowest BCUT2D eigenvalue weighted by Gasteiger charge is -2.22. The molecule has 1 aromatic heterocycles. The summed E-state index contributed by atoms with van der Waals surface area (Å²) < 4.78 is 0.993. The number of hydrogen-bond acceptors (Lipinski definition) is 5. The molecule has 0 atom stereocenters. The van der Waals surface area contributed by atoms with E-state index in [-0.39, 0.29) is 24.8 Å². The van der Waals surface area contributed by atoms with Crippen molar-refractivity contribution in [1.82, 2.24) is 15.2 Å². The Balaban J connectivity index is 1.40. The van der Waals surface area contributed by atoms with Crippen LogP contribution in [0.1, 0.15) is 44.6 Å². The summed E-state index contributed by atoms with van der Waals surface area (Å²) in [6, 6.07) is 15.2. The van der Waals surface area contributed by atoms with Crippen LogP contribution in [0.25, 0.3) is 10.2 Å². The second kappa shape index (κ2) is 8.59. The van der Waals surface area contributed by atoms with Gasteiger partial charge in [-0.05, 0) is 49.1 Å². The average Bonchev–Trinajstić information content (AvgIpc) is 3.52. The summed E-state index contributed by atoms with van der Waals surface area (Å²) in [5, 5.41) is 3.46. The van der Waals surface area contributed by atoms with Gasteiger partial charge in [0.15, 0.2) is 5.13 Å². The van der Waals surface area contributed by atoms with Crippen LogP contribution in [0, 0.1) is 0 Å². The van der Waals surface area contributed by atoms with Crippen LogP contribution in [0.2, 0.25) is 0 Å². The molecule has 1 aliphatic carbocycles. The van der Waals surface area contributed by atoms with Crippen LogP contribution >= 0.6 is 11.3 Å². The number of hydrogen-bond donors (Lipinski definition) is 1. The maximum atomic E-state index is 13.5. The van der Waals surface area contributed by atoms with Crippen molar-refractivity contribution in [3.63, 3.8) is 0 Å². The molecule has 1 spiro atoms. The van der Waals surface area contributed by atoms with E-state index >= 15 is 0 Å². The third-order valence-corrected chi connectivity index (χ3v) is 7.60. The number of nitrogens with zero attached hydrogens (tertiary/aromatic N) is 3. The molecule has 1 aliphatic heterocycles. The molecule has 7 nitrogen and oxygen atoms in total. The lowest BCUT2D eigenvalue weighted by atomic mass is 9.98. The molecule has 170 valence electrons. The van der Waals surface area contributed by atoms with Gasteiger partial charge in [0.05, 0.1) is 15.9 Å². The molecule has 2 aliphatic rings. The molecule has 1 N–H and O–H groups in total. The van der Waals surface area contributed by atoms with Gasteiger partial charge >= 0.3 is 6.03 Å². The zero-order chi connectivity index (χ0) is 23.0. The smallest absolute Gasteiger partial charge is 0.323 e. The molecular formula is C25H26N4O3S. The van der Waals surface area contributed by atoms with Gasteiger partial charge in [-0.1, -0.05) is 55.4 Å². The van der Waals surface area contributed by atoms with Crippen molar-refractivity contribution in [3.05, 3.63) is 54.1 Å². The lowest BCUT2D eigenvalue weighted by molar-refractivity contribution is -0.131. The fourth-order valence-electron chi connectivity index (χ4n) is 4.71. The molecule has 3 aromatic rings. The first-order valence-corrected chi connectivity index (χ1v) is 12.2. The Kier molecular flexibility index (Phi) is 5.62. The van der Waals surface area contributed by atoms with Gasteiger partial charge in [-0.3, -0.25) is 19.4 Å². The molecule has 8 heteroatoms. The van der Waals surface area contributed by atoms with Crippen LogP contribution < -0.4 is 10.2 Å². The summed E-state index contributed by atoms with van der Waals surface area (Å²) >= 11 is 1.45. The lowest BCUT2D eigenvalue weighted by Crippen LogP contribution is -2.44. The fourth-order valence-corrected chi connectivity index (χ4v) is 5.72. The second-order valence-corrected chi connectivity index (χ2v) is 9.65. The quantitative estimate of drug-likeness (QED) is 0.535. The molecule has 0 radical (unpaired) electrons. The van der Waals surface area contributed by atoms with Crippen molar-refractivity contribution in [3.8, 4) is 0 Å². The number of fused-ring (bicyclic) bond motifs is 1. The maximum absolute atomic E-state index is 13.5. The Labute approximate surface area is 196 Å². The van der Waals surface area contributed by atoms with Crippen molar-refractivity contribution in [2.75, 3.05) is 11.4 Å². The Morgan fingerprint density at radius 3 is 2.55 bits per heavy atom. The van der Waals surface area contributed by atoms with E-state index in [1.807, 2.05) is 48.5 Å². The average molecular weight is 463 g/mol. The highest BCUT2D eigenvalue weighted by molar-refractivity contribution is 7.22. The summed E-state index contributed by atoms with van der Waals surface area (Å²) in [5.74, 6) is -0.400. The van der Waals surface area contributed by atoms with Gasteiger partial charge in [0.1, 0.15) is 5.54 Å². The molecule has 2 heterocycles. The Morgan fingerprint density at radius 2 is 1.85 bits per heavy atom. The number of amides is 4. The SMILES string of the molecule is CCc1ccc(N(C(=O)CCN2C(=O)NC3(CCCC3)C2=O)c2nc3ccccc3s2)cc1. The molecule has 2 fully saturated rings. The number of aromatic nitrogens is 1. The van der Waals surface area contributed by atoms with Crippen LogP contribution in [0.3, 0.4) is 0 Å². The van der Waals surface area contributed by atoms with Gasteiger partial charge in [0.2, 0.25) is 5.91 Å². The molecule has 0 unspecified atom stereocenters. The number of anilines is 2. The molecule has 4 amide bonds. The van der Waals surface area contributed by atoms with Crippen molar-refractivity contribution < 1.29 is 14.4 Å². The second-order valence-electron chi connectivity index (χ2n) is 8.64. The minimum Gasteiger partial charge on any atom is -0.323 e. The minimum atomic E-state index is -0.761. The van der Waals surface area contributed by atoms with Crippen LogP contribution in [0.4, 0.5) is 15.6 Å². The van der Waals surface area contributed by atoms with E-state index in [1.54, 1.807) is 4.90 Å². The van der Waals surface area contributed by atoms with Crippen LogP contribution in [0.15, 0.2) is 48.5 Å². The van der Waals surface area contributed by atoms with Gasteiger partial charge in [0.25, 0.3) is 5.91 Å². The summed E-state index contributed by atoms with van der Waals surface area (Å²) in [6.07, 6.45) is 4.13. The zero-order valence-electron chi connectivity index (χ0n) is 18.5. The Hall–Kier alpha value is -3.26. The Bertz CT molecular complexity index is 1180. The summed E-state index contributed by atoms with van der Waals surface area (Å²) in [7, 11) is 0. The standard InChI is InChI=1S/C25H26N4O3S/c1-2-17-9-11-18(12-10-17)29(24-26-19-7-3-4-8-20(19)33-24)21(30)13-16-28-22(31)25(27-23(28)32)14-5-6-15-25/h3-4,7-12H,2,5-6,13-16H2,1H3,(H,27,32). The number of aryl methyl sites for hydroxylation is 1. The number of carbonyl (C=O) groups excluding carboxylic acids is 3. The summed E-state index contributed by atoms with van der Waals surface area (Å²) in [4.78, 5) is 46.5. The predicted octanol–water partition coefficient (Wildman–Crippen LogP) is 4.78.